The highest BCUT2D eigenvalue weighted by Gasteiger charge is 2.84. The quantitative estimate of drug-likeness (QED) is 0.126. The van der Waals surface area contributed by atoms with Crippen LogP contribution in [0.15, 0.2) is 0 Å². The molecule has 0 radical (unpaired) electrons. The number of aliphatic hydroxyl groups is 12. The number of hydrogen-bond acceptors (Lipinski definition) is 14. The first kappa shape index (κ1) is 36.7. The summed E-state index contributed by atoms with van der Waals surface area (Å²) in [5.41, 5.74) is -9.71. The van der Waals surface area contributed by atoms with Crippen molar-refractivity contribution >= 4 is 0 Å². The van der Waals surface area contributed by atoms with Crippen LogP contribution in [0.1, 0.15) is 79.1 Å². The van der Waals surface area contributed by atoms with Crippen molar-refractivity contribution in [2.45, 2.75) is 163 Å². The van der Waals surface area contributed by atoms with E-state index in [4.69, 9.17) is 9.47 Å². The van der Waals surface area contributed by atoms with Crippen LogP contribution < -0.4 is 0 Å². The zero-order valence-corrected chi connectivity index (χ0v) is 27.1. The minimum atomic E-state index is -2.46. The molecule has 0 aromatic rings. The summed E-state index contributed by atoms with van der Waals surface area (Å²) in [6.45, 7) is 6.59. The van der Waals surface area contributed by atoms with Crippen LogP contribution in [0.5, 0.6) is 0 Å². The summed E-state index contributed by atoms with van der Waals surface area (Å²) in [4.78, 5) is 0. The lowest BCUT2D eigenvalue weighted by Crippen LogP contribution is -2.88. The fourth-order valence-electron chi connectivity index (χ4n) is 10.7. The van der Waals surface area contributed by atoms with Crippen LogP contribution in [0.3, 0.4) is 0 Å². The van der Waals surface area contributed by atoms with Gasteiger partial charge in [0.25, 0.3) is 0 Å². The topological polar surface area (TPSA) is 261 Å². The average molecular weight is 665 g/mol. The second kappa shape index (κ2) is 12.3. The summed E-state index contributed by atoms with van der Waals surface area (Å²) in [6, 6.07) is 0. The van der Waals surface area contributed by atoms with E-state index in [2.05, 4.69) is 0 Å². The third-order valence-electron chi connectivity index (χ3n) is 13.7. The first-order chi connectivity index (χ1) is 21.3. The van der Waals surface area contributed by atoms with Crippen molar-refractivity contribution in [2.24, 2.45) is 28.6 Å². The van der Waals surface area contributed by atoms with E-state index in [0.717, 1.165) is 0 Å². The highest BCUT2D eigenvalue weighted by Crippen LogP contribution is 2.72. The summed E-state index contributed by atoms with van der Waals surface area (Å²) in [5.74, 6) is -1.56. The molecule has 19 atom stereocenters. The van der Waals surface area contributed by atoms with Crippen LogP contribution in [-0.2, 0) is 9.47 Å². The second-order valence-corrected chi connectivity index (χ2v) is 15.6. The molecule has 14 nitrogen and oxygen atoms in total. The lowest BCUT2D eigenvalue weighted by molar-refractivity contribution is -0.401. The molecule has 46 heavy (non-hydrogen) atoms. The molecule has 5 aliphatic rings. The van der Waals surface area contributed by atoms with Gasteiger partial charge in [0.2, 0.25) is 0 Å². The summed E-state index contributed by atoms with van der Waals surface area (Å²) >= 11 is 0. The molecule has 0 amide bonds. The second-order valence-electron chi connectivity index (χ2n) is 15.6. The average Bonchev–Trinajstić information content (AvgIpc) is 3.24. The summed E-state index contributed by atoms with van der Waals surface area (Å²) in [7, 11) is 0. The molecule has 12 N–H and O–H groups in total. The van der Waals surface area contributed by atoms with Gasteiger partial charge in [-0.1, -0.05) is 27.7 Å². The summed E-state index contributed by atoms with van der Waals surface area (Å²) in [6.07, 6.45) is -14.2. The lowest BCUT2D eigenvalue weighted by Gasteiger charge is -2.72. The van der Waals surface area contributed by atoms with Gasteiger partial charge < -0.3 is 70.8 Å². The Balaban J connectivity index is 1.36. The number of rotatable bonds is 8. The van der Waals surface area contributed by atoms with E-state index in [1.54, 1.807) is 13.8 Å². The van der Waals surface area contributed by atoms with Crippen molar-refractivity contribution < 1.29 is 70.8 Å². The molecule has 0 spiro atoms. The summed E-state index contributed by atoms with van der Waals surface area (Å²) < 4.78 is 11.5. The van der Waals surface area contributed by atoms with Gasteiger partial charge in [0.1, 0.15) is 59.5 Å². The zero-order chi connectivity index (χ0) is 34.4. The molecule has 1 heterocycles. The van der Waals surface area contributed by atoms with Crippen LogP contribution in [0, 0.1) is 28.6 Å². The van der Waals surface area contributed by atoms with Gasteiger partial charge in [0, 0.05) is 16.7 Å². The van der Waals surface area contributed by atoms with Crippen molar-refractivity contribution in [3.63, 3.8) is 0 Å². The van der Waals surface area contributed by atoms with Crippen LogP contribution in [0.2, 0.25) is 0 Å². The smallest absolute Gasteiger partial charge is 0.186 e. The third-order valence-corrected chi connectivity index (χ3v) is 13.7. The van der Waals surface area contributed by atoms with Crippen molar-refractivity contribution in [1.82, 2.24) is 0 Å². The third kappa shape index (κ3) is 4.67. The summed E-state index contributed by atoms with van der Waals surface area (Å²) in [5, 5.41) is 133. The molecule has 1 unspecified atom stereocenters. The van der Waals surface area contributed by atoms with E-state index >= 15 is 0 Å². The monoisotopic (exact) mass is 664 g/mol. The van der Waals surface area contributed by atoms with Crippen molar-refractivity contribution in [1.29, 1.82) is 0 Å². The minimum Gasteiger partial charge on any atom is -0.394 e. The molecule has 0 aromatic heterocycles. The van der Waals surface area contributed by atoms with Gasteiger partial charge in [-0.05, 0) is 63.2 Å². The Morgan fingerprint density at radius 3 is 2.00 bits per heavy atom. The molecule has 0 aromatic carbocycles. The SMILES string of the molecule is CC[C@H](CC[C@@H](C)[C@H]1C[C@H](O)[C@@]2(O)[C@@]3(O)C(CC[C@]12C)[C@@]1(C)CC[C@H](O)[C@H](O)[C@]1(O)[C@@H](O)[C@@H]3O)O[C@H]1O[C@H](CO)[C@@H](O)[C@H](O)[C@H]1O. The zero-order valence-electron chi connectivity index (χ0n) is 27.1. The Morgan fingerprint density at radius 2 is 1.39 bits per heavy atom. The van der Waals surface area contributed by atoms with E-state index in [-0.39, 0.29) is 37.5 Å². The van der Waals surface area contributed by atoms with Gasteiger partial charge in [-0.25, -0.2) is 0 Å². The van der Waals surface area contributed by atoms with Gasteiger partial charge in [0.05, 0.1) is 24.9 Å². The minimum absolute atomic E-state index is 0.0665. The van der Waals surface area contributed by atoms with Crippen LogP contribution in [0.4, 0.5) is 0 Å². The predicted octanol–water partition coefficient (Wildman–Crippen LogP) is -2.75. The standard InChI is InChI=1S/C32H56O14/c1-5-15(45-27-23(38)22(37)21(36)18(13-33)46-27)7-6-14(2)16-12-20(35)32(44)28(16,3)11-9-19-29(4)10-8-17(34)24(39)31(29,43)26(41)25(40)30(19,32)42/h14-27,33-44H,5-13H2,1-4H3/t14-,15-,16-,17+,18-,19?,20+,21-,22+,23-,24+,25+,26+,27+,28-,29-,30-,31+,32+/m1/s1. The fraction of sp³-hybridized carbons (Fsp3) is 1.00. The normalized spacial score (nSPS) is 56.9. The largest absolute Gasteiger partial charge is 0.394 e. The van der Waals surface area contributed by atoms with E-state index in [1.807, 2.05) is 13.8 Å². The van der Waals surface area contributed by atoms with Crippen molar-refractivity contribution in [3.8, 4) is 0 Å². The highest BCUT2D eigenvalue weighted by molar-refractivity contribution is 5.33. The maximum absolute atomic E-state index is 12.6. The number of aliphatic hydroxyl groups excluding tert-OH is 9. The number of ether oxygens (including phenoxy) is 2. The molecular weight excluding hydrogens is 608 g/mol. The van der Waals surface area contributed by atoms with Gasteiger partial charge in [-0.3, -0.25) is 0 Å². The Hall–Kier alpha value is -0.560. The number of hydrogen-bond donors (Lipinski definition) is 12. The van der Waals surface area contributed by atoms with Gasteiger partial charge in [-0.15, -0.1) is 0 Å². The molecule has 1 aliphatic heterocycles. The molecule has 4 saturated carbocycles. The van der Waals surface area contributed by atoms with Crippen molar-refractivity contribution in [3.05, 3.63) is 0 Å². The van der Waals surface area contributed by atoms with E-state index < -0.39 is 107 Å². The first-order valence-electron chi connectivity index (χ1n) is 16.9. The molecule has 5 fully saturated rings. The van der Waals surface area contributed by atoms with Crippen LogP contribution >= 0.6 is 0 Å². The molecule has 1 saturated heterocycles. The Labute approximate surface area is 269 Å². The molecule has 4 aliphatic carbocycles. The molecule has 0 bridgehead atoms. The molecule has 14 heteroatoms. The van der Waals surface area contributed by atoms with Gasteiger partial charge in [0.15, 0.2) is 6.29 Å². The lowest BCUT2D eigenvalue weighted by atomic mass is 9.38. The molecular formula is C32H56O14. The van der Waals surface area contributed by atoms with Gasteiger partial charge in [-0.2, -0.15) is 0 Å². The van der Waals surface area contributed by atoms with Crippen LogP contribution in [0.25, 0.3) is 0 Å². The first-order valence-corrected chi connectivity index (χ1v) is 16.9. The van der Waals surface area contributed by atoms with E-state index in [1.165, 1.54) is 0 Å². The van der Waals surface area contributed by atoms with E-state index in [0.29, 0.717) is 25.7 Å². The number of fused-ring (bicyclic) bond motifs is 5. The Morgan fingerprint density at radius 1 is 0.783 bits per heavy atom. The predicted molar refractivity (Wildman–Crippen MR) is 158 cm³/mol. The van der Waals surface area contributed by atoms with Crippen molar-refractivity contribution in [2.75, 3.05) is 6.61 Å². The molecule has 5 rings (SSSR count). The molecule has 268 valence electrons. The maximum atomic E-state index is 12.6. The Bertz CT molecular complexity index is 1100. The fourth-order valence-corrected chi connectivity index (χ4v) is 10.7. The maximum Gasteiger partial charge on any atom is 0.186 e. The van der Waals surface area contributed by atoms with Gasteiger partial charge >= 0.3 is 0 Å². The Kier molecular flexibility index (Phi) is 9.85. The van der Waals surface area contributed by atoms with E-state index in [9.17, 15) is 61.3 Å². The van der Waals surface area contributed by atoms with Crippen LogP contribution in [-0.4, -0.2) is 152 Å². The highest BCUT2D eigenvalue weighted by atomic mass is 16.7.